The van der Waals surface area contributed by atoms with E-state index in [-0.39, 0.29) is 35.8 Å². The van der Waals surface area contributed by atoms with Gasteiger partial charge in [-0.05, 0) is 5.56 Å². The van der Waals surface area contributed by atoms with Gasteiger partial charge in [0, 0.05) is 18.5 Å². The number of carbonyl (C=O) groups is 3. The van der Waals surface area contributed by atoms with Crippen LogP contribution in [0.25, 0.3) is 0 Å². The van der Waals surface area contributed by atoms with Crippen molar-refractivity contribution in [2.45, 2.75) is 51.4 Å². The second kappa shape index (κ2) is 7.61. The Morgan fingerprint density at radius 1 is 1.27 bits per heavy atom. The van der Waals surface area contributed by atoms with Crippen molar-refractivity contribution in [3.8, 4) is 0 Å². The number of benzene rings is 1. The lowest BCUT2D eigenvalue weighted by Crippen LogP contribution is -2.74. The van der Waals surface area contributed by atoms with Gasteiger partial charge in [-0.25, -0.2) is 0 Å². The highest BCUT2D eigenvalue weighted by atomic mass is 28.3. The average Bonchev–Trinajstić information content (AvgIpc) is 2.56. The predicted molar refractivity (Wildman–Crippen MR) is 102 cm³/mol. The molecule has 1 saturated heterocycles. The van der Waals surface area contributed by atoms with Crippen LogP contribution in [0.2, 0.25) is 18.1 Å². The van der Waals surface area contributed by atoms with Crippen LogP contribution in [0.5, 0.6) is 0 Å². The van der Waals surface area contributed by atoms with Crippen LogP contribution >= 0.6 is 0 Å². The fourth-order valence-electron chi connectivity index (χ4n) is 2.89. The first-order valence-corrected chi connectivity index (χ1v) is 11.8. The lowest BCUT2D eigenvalue weighted by molar-refractivity contribution is -0.142. The van der Waals surface area contributed by atoms with Crippen molar-refractivity contribution in [2.24, 2.45) is 0 Å². The van der Waals surface area contributed by atoms with Crippen molar-refractivity contribution in [1.29, 1.82) is 0 Å². The molecule has 1 aliphatic heterocycles. The molecular weight excluding hydrogens is 348 g/mol. The minimum atomic E-state index is -2.19. The molecule has 0 aliphatic carbocycles. The number of rotatable bonds is 7. The number of ether oxygens (including phenoxy) is 1. The standard InChI is InChI=1S/C19H28N2O4Si/c1-14(22)25-13-19(2,3)26(4,5)21-12-16(18(21)24)20-17(23)11-15-9-7-6-8-10-15/h6-10,16H,11-13H2,1-5H3,(H,20,23). The molecule has 1 aromatic carbocycles. The maximum absolute atomic E-state index is 12.6. The molecule has 0 aromatic heterocycles. The second-order valence-electron chi connectivity index (χ2n) is 7.95. The van der Waals surface area contributed by atoms with Gasteiger partial charge in [-0.1, -0.05) is 57.3 Å². The highest BCUT2D eigenvalue weighted by Gasteiger charge is 2.53. The Morgan fingerprint density at radius 3 is 2.42 bits per heavy atom. The van der Waals surface area contributed by atoms with Crippen LogP contribution in [0.4, 0.5) is 0 Å². The number of β-lactam (4-membered cyclic amide) rings is 1. The van der Waals surface area contributed by atoms with Crippen molar-refractivity contribution >= 4 is 26.0 Å². The van der Waals surface area contributed by atoms with Crippen LogP contribution in [-0.4, -0.2) is 49.8 Å². The Kier molecular flexibility index (Phi) is 5.90. The fourth-order valence-corrected chi connectivity index (χ4v) is 5.39. The summed E-state index contributed by atoms with van der Waals surface area (Å²) in [6, 6.07) is 9.00. The average molecular weight is 377 g/mol. The molecule has 2 rings (SSSR count). The molecule has 142 valence electrons. The lowest BCUT2D eigenvalue weighted by atomic mass is 10.1. The van der Waals surface area contributed by atoms with Crippen LogP contribution in [0.3, 0.4) is 0 Å². The van der Waals surface area contributed by atoms with Crippen molar-refractivity contribution < 1.29 is 19.1 Å². The molecule has 0 spiro atoms. The van der Waals surface area contributed by atoms with Gasteiger partial charge in [0.25, 0.3) is 0 Å². The summed E-state index contributed by atoms with van der Waals surface area (Å²) in [5, 5.41) is 2.54. The van der Waals surface area contributed by atoms with Gasteiger partial charge in [0.1, 0.15) is 6.04 Å². The molecule has 0 bridgehead atoms. The minimum Gasteiger partial charge on any atom is -0.466 e. The van der Waals surface area contributed by atoms with Gasteiger partial charge >= 0.3 is 5.97 Å². The summed E-state index contributed by atoms with van der Waals surface area (Å²) in [6.45, 7) is 10.4. The Morgan fingerprint density at radius 2 is 1.88 bits per heavy atom. The van der Waals surface area contributed by atoms with Crippen LogP contribution in [0, 0.1) is 0 Å². The summed E-state index contributed by atoms with van der Waals surface area (Å²) in [6.07, 6.45) is 0.267. The zero-order valence-corrected chi connectivity index (χ0v) is 17.2. The van der Waals surface area contributed by atoms with Gasteiger partial charge in [0.2, 0.25) is 11.8 Å². The molecule has 1 aromatic rings. The first kappa shape index (κ1) is 20.2. The summed E-state index contributed by atoms with van der Waals surface area (Å²) < 4.78 is 7.07. The summed E-state index contributed by atoms with van der Waals surface area (Å²) in [7, 11) is -2.19. The van der Waals surface area contributed by atoms with Crippen molar-refractivity contribution in [1.82, 2.24) is 9.88 Å². The zero-order valence-electron chi connectivity index (χ0n) is 16.2. The van der Waals surface area contributed by atoms with Gasteiger partial charge in [0.15, 0.2) is 8.24 Å². The Bertz CT molecular complexity index is 688. The molecule has 0 radical (unpaired) electrons. The first-order valence-electron chi connectivity index (χ1n) is 8.83. The van der Waals surface area contributed by atoms with Crippen molar-refractivity contribution in [3.63, 3.8) is 0 Å². The van der Waals surface area contributed by atoms with E-state index in [1.165, 1.54) is 6.92 Å². The molecule has 7 heteroatoms. The third-order valence-electron chi connectivity index (χ3n) is 5.44. The molecule has 6 nitrogen and oxygen atoms in total. The highest BCUT2D eigenvalue weighted by molar-refractivity contribution is 6.80. The molecule has 1 aliphatic rings. The Balaban J connectivity index is 1.92. The van der Waals surface area contributed by atoms with Gasteiger partial charge in [-0.2, -0.15) is 0 Å². The molecule has 26 heavy (non-hydrogen) atoms. The van der Waals surface area contributed by atoms with Crippen molar-refractivity contribution in [3.05, 3.63) is 35.9 Å². The van der Waals surface area contributed by atoms with Crippen LogP contribution < -0.4 is 5.32 Å². The second-order valence-corrected chi connectivity index (χ2v) is 13.0. The van der Waals surface area contributed by atoms with E-state index in [0.29, 0.717) is 6.54 Å². The van der Waals surface area contributed by atoms with E-state index in [1.807, 2.05) is 48.7 Å². The number of nitrogens with zero attached hydrogens (tertiary/aromatic N) is 1. The molecule has 1 fully saturated rings. The van der Waals surface area contributed by atoms with E-state index < -0.39 is 14.3 Å². The molecule has 2 amide bonds. The lowest BCUT2D eigenvalue weighted by Gasteiger charge is -2.53. The van der Waals surface area contributed by atoms with Crippen molar-refractivity contribution in [2.75, 3.05) is 13.2 Å². The third kappa shape index (κ3) is 4.33. The summed E-state index contributed by atoms with van der Waals surface area (Å²) in [5.74, 6) is -0.504. The molecule has 1 N–H and O–H groups in total. The van der Waals surface area contributed by atoms with Gasteiger partial charge in [0.05, 0.1) is 13.0 Å². The predicted octanol–water partition coefficient (Wildman–Crippen LogP) is 2.10. The number of amides is 2. The highest BCUT2D eigenvalue weighted by Crippen LogP contribution is 2.41. The van der Waals surface area contributed by atoms with Crippen LogP contribution in [-0.2, 0) is 25.5 Å². The molecule has 1 heterocycles. The van der Waals surface area contributed by atoms with E-state index >= 15 is 0 Å². The molecule has 1 unspecified atom stereocenters. The van der Waals surface area contributed by atoms with E-state index in [4.69, 9.17) is 4.74 Å². The molecule has 0 saturated carbocycles. The third-order valence-corrected chi connectivity index (χ3v) is 10.6. The van der Waals surface area contributed by atoms with E-state index in [0.717, 1.165) is 5.56 Å². The Hall–Kier alpha value is -2.15. The molecular formula is C19H28N2O4Si. The van der Waals surface area contributed by atoms with E-state index in [2.05, 4.69) is 18.4 Å². The van der Waals surface area contributed by atoms with Crippen LogP contribution in [0.15, 0.2) is 30.3 Å². The number of hydrogen-bond acceptors (Lipinski definition) is 4. The van der Waals surface area contributed by atoms with Crippen LogP contribution in [0.1, 0.15) is 26.3 Å². The molecule has 1 atom stereocenters. The first-order chi connectivity index (χ1) is 12.0. The maximum Gasteiger partial charge on any atom is 0.302 e. The topological polar surface area (TPSA) is 75.7 Å². The monoisotopic (exact) mass is 376 g/mol. The normalized spacial score (nSPS) is 17.5. The number of nitrogens with one attached hydrogen (secondary N) is 1. The van der Waals surface area contributed by atoms with Gasteiger partial charge in [-0.3, -0.25) is 14.4 Å². The number of carbonyl (C=O) groups excluding carboxylic acids is 3. The summed E-state index contributed by atoms with van der Waals surface area (Å²) >= 11 is 0. The fraction of sp³-hybridized carbons (Fsp3) is 0.526. The summed E-state index contributed by atoms with van der Waals surface area (Å²) in [4.78, 5) is 35.9. The van der Waals surface area contributed by atoms with E-state index in [1.54, 1.807) is 0 Å². The largest absolute Gasteiger partial charge is 0.466 e. The summed E-state index contributed by atoms with van der Waals surface area (Å²) in [5.41, 5.74) is 0.922. The SMILES string of the molecule is CC(=O)OCC(C)(C)[Si](C)(C)N1CC(NC(=O)Cc2ccccc2)C1=O. The van der Waals surface area contributed by atoms with Gasteiger partial charge in [-0.15, -0.1) is 0 Å². The van der Waals surface area contributed by atoms with Gasteiger partial charge < -0.3 is 14.6 Å². The Labute approximate surface area is 156 Å². The number of hydrogen-bond donors (Lipinski definition) is 1. The zero-order chi connectivity index (χ0) is 19.5. The quantitative estimate of drug-likeness (QED) is 0.449. The number of esters is 1. The smallest absolute Gasteiger partial charge is 0.302 e. The maximum atomic E-state index is 12.6. The minimum absolute atomic E-state index is 0.0426. The van der Waals surface area contributed by atoms with E-state index in [9.17, 15) is 14.4 Å².